The van der Waals surface area contributed by atoms with Crippen molar-refractivity contribution in [2.45, 2.75) is 19.4 Å². The number of benzene rings is 1. The molecule has 0 unspecified atom stereocenters. The Morgan fingerprint density at radius 3 is 2.74 bits per heavy atom. The van der Waals surface area contributed by atoms with Crippen LogP contribution in [0, 0.1) is 15.9 Å². The predicted molar refractivity (Wildman–Crippen MR) is 66.3 cm³/mol. The van der Waals surface area contributed by atoms with Crippen LogP contribution < -0.4 is 0 Å². The molecule has 1 aromatic carbocycles. The van der Waals surface area contributed by atoms with Gasteiger partial charge in [-0.25, -0.2) is 0 Å². The number of carboxylic acids is 1. The first-order valence-corrected chi connectivity index (χ1v) is 5.73. The Bertz CT molecular complexity index is 479. The van der Waals surface area contributed by atoms with E-state index in [9.17, 15) is 19.3 Å². The fourth-order valence-corrected chi connectivity index (χ4v) is 1.69. The monoisotopic (exact) mass is 270 g/mol. The number of hydrogen-bond acceptors (Lipinski definition) is 4. The molecule has 0 spiro atoms. The molecule has 1 N–H and O–H groups in total. The summed E-state index contributed by atoms with van der Waals surface area (Å²) in [6.45, 7) is 0.972. The smallest absolute Gasteiger partial charge is 0.304 e. The second-order valence-electron chi connectivity index (χ2n) is 4.28. The average molecular weight is 270 g/mol. The normalized spacial score (nSPS) is 10.7. The number of carboxylic acid groups (broad SMARTS) is 1. The van der Waals surface area contributed by atoms with E-state index in [4.69, 9.17) is 5.11 Å². The number of nitro groups is 1. The van der Waals surface area contributed by atoms with Crippen LogP contribution in [0.2, 0.25) is 0 Å². The third kappa shape index (κ3) is 5.01. The number of nitro benzene ring substituents is 1. The zero-order chi connectivity index (χ0) is 14.4. The third-order valence-corrected chi connectivity index (χ3v) is 2.59. The Morgan fingerprint density at radius 1 is 1.53 bits per heavy atom. The number of nitrogens with zero attached hydrogens (tertiary/aromatic N) is 2. The van der Waals surface area contributed by atoms with E-state index in [0.29, 0.717) is 25.1 Å². The largest absolute Gasteiger partial charge is 0.481 e. The quantitative estimate of drug-likeness (QED) is 0.605. The number of hydrogen-bond donors (Lipinski definition) is 1. The lowest BCUT2D eigenvalue weighted by atomic mass is 10.2. The highest BCUT2D eigenvalue weighted by atomic mass is 19.1. The van der Waals surface area contributed by atoms with Crippen LogP contribution in [0.5, 0.6) is 0 Å². The molecular weight excluding hydrogens is 255 g/mol. The van der Waals surface area contributed by atoms with E-state index in [2.05, 4.69) is 0 Å². The van der Waals surface area contributed by atoms with E-state index in [-0.39, 0.29) is 6.42 Å². The minimum atomic E-state index is -0.860. The summed E-state index contributed by atoms with van der Waals surface area (Å²) in [6, 6.07) is 3.76. The first-order valence-electron chi connectivity index (χ1n) is 5.73. The highest BCUT2D eigenvalue weighted by Gasteiger charge is 2.14. The third-order valence-electron chi connectivity index (χ3n) is 2.59. The van der Waals surface area contributed by atoms with Gasteiger partial charge in [-0.2, -0.15) is 4.39 Å². The number of carbonyl (C=O) groups is 1. The van der Waals surface area contributed by atoms with Crippen molar-refractivity contribution in [3.05, 3.63) is 39.7 Å². The van der Waals surface area contributed by atoms with Crippen molar-refractivity contribution in [1.82, 2.24) is 4.90 Å². The summed E-state index contributed by atoms with van der Waals surface area (Å²) in [5, 5.41) is 19.0. The molecule has 0 aliphatic carbocycles. The van der Waals surface area contributed by atoms with Gasteiger partial charge in [-0.1, -0.05) is 6.07 Å². The lowest BCUT2D eigenvalue weighted by molar-refractivity contribution is -0.387. The molecule has 0 bridgehead atoms. The second-order valence-corrected chi connectivity index (χ2v) is 4.28. The van der Waals surface area contributed by atoms with Gasteiger partial charge in [0, 0.05) is 19.0 Å². The minimum absolute atomic E-state index is 0.0823. The summed E-state index contributed by atoms with van der Waals surface area (Å²) in [7, 11) is 1.78. The summed E-state index contributed by atoms with van der Waals surface area (Å²) in [5.74, 6) is -1.71. The van der Waals surface area contributed by atoms with Crippen LogP contribution in [-0.2, 0) is 11.3 Å². The van der Waals surface area contributed by atoms with Crippen molar-refractivity contribution in [2.75, 3.05) is 13.6 Å². The van der Waals surface area contributed by atoms with Gasteiger partial charge in [0.05, 0.1) is 4.92 Å². The molecule has 0 heterocycles. The Kier molecular flexibility index (Phi) is 5.37. The van der Waals surface area contributed by atoms with Gasteiger partial charge in [0.15, 0.2) is 0 Å². The van der Waals surface area contributed by atoms with Crippen molar-refractivity contribution >= 4 is 11.7 Å². The highest BCUT2D eigenvalue weighted by Crippen LogP contribution is 2.18. The van der Waals surface area contributed by atoms with Gasteiger partial charge in [0.25, 0.3) is 0 Å². The summed E-state index contributed by atoms with van der Waals surface area (Å²) in [4.78, 5) is 21.9. The van der Waals surface area contributed by atoms with E-state index in [1.807, 2.05) is 4.90 Å². The molecule has 0 aromatic heterocycles. The minimum Gasteiger partial charge on any atom is -0.481 e. The van der Waals surface area contributed by atoms with Gasteiger partial charge in [-0.15, -0.1) is 0 Å². The Hall–Kier alpha value is -2.02. The molecule has 1 aromatic rings. The standard InChI is InChI=1S/C12H15FN2O4/c1-14(6-2-3-12(16)17)8-9-4-5-11(15(18)19)10(13)7-9/h4-5,7H,2-3,6,8H2,1H3,(H,16,17). The maximum absolute atomic E-state index is 13.4. The predicted octanol–water partition coefficient (Wildman–Crippen LogP) is 2.03. The zero-order valence-electron chi connectivity index (χ0n) is 10.5. The number of halogens is 1. The van der Waals surface area contributed by atoms with E-state index < -0.39 is 22.4 Å². The maximum atomic E-state index is 13.4. The molecule has 0 amide bonds. The SMILES string of the molecule is CN(CCCC(=O)O)Cc1ccc([N+](=O)[O-])c(F)c1. The fourth-order valence-electron chi connectivity index (χ4n) is 1.69. The molecule has 19 heavy (non-hydrogen) atoms. The summed E-state index contributed by atoms with van der Waals surface area (Å²) in [5.41, 5.74) is 0.0678. The van der Waals surface area contributed by atoms with Gasteiger partial charge in [0.1, 0.15) is 0 Å². The maximum Gasteiger partial charge on any atom is 0.304 e. The first kappa shape index (κ1) is 15.0. The summed E-state index contributed by atoms with van der Waals surface area (Å²) < 4.78 is 13.4. The Labute approximate surface area is 109 Å². The van der Waals surface area contributed by atoms with Gasteiger partial charge in [-0.05, 0) is 31.6 Å². The zero-order valence-corrected chi connectivity index (χ0v) is 10.5. The van der Waals surface area contributed by atoms with Crippen molar-refractivity contribution < 1.29 is 19.2 Å². The Balaban J connectivity index is 2.55. The van der Waals surface area contributed by atoms with E-state index in [1.54, 1.807) is 7.05 Å². The van der Waals surface area contributed by atoms with E-state index >= 15 is 0 Å². The van der Waals surface area contributed by atoms with Crippen LogP contribution in [0.15, 0.2) is 18.2 Å². The molecule has 6 nitrogen and oxygen atoms in total. The molecule has 0 aliphatic heterocycles. The number of aliphatic carboxylic acids is 1. The molecule has 7 heteroatoms. The lowest BCUT2D eigenvalue weighted by Gasteiger charge is -2.15. The van der Waals surface area contributed by atoms with E-state index in [1.165, 1.54) is 6.07 Å². The fraction of sp³-hybridized carbons (Fsp3) is 0.417. The van der Waals surface area contributed by atoms with Crippen LogP contribution in [0.1, 0.15) is 18.4 Å². The van der Waals surface area contributed by atoms with Crippen LogP contribution in [0.3, 0.4) is 0 Å². The van der Waals surface area contributed by atoms with Crippen molar-refractivity contribution in [2.24, 2.45) is 0 Å². The highest BCUT2D eigenvalue weighted by molar-refractivity contribution is 5.66. The summed E-state index contributed by atoms with van der Waals surface area (Å²) >= 11 is 0. The second kappa shape index (κ2) is 6.79. The van der Waals surface area contributed by atoms with Gasteiger partial charge in [-0.3, -0.25) is 14.9 Å². The van der Waals surface area contributed by atoms with Gasteiger partial charge < -0.3 is 10.0 Å². The van der Waals surface area contributed by atoms with Gasteiger partial charge >= 0.3 is 11.7 Å². The molecule has 0 atom stereocenters. The van der Waals surface area contributed by atoms with E-state index in [0.717, 1.165) is 12.1 Å². The van der Waals surface area contributed by atoms with Crippen LogP contribution in [0.4, 0.5) is 10.1 Å². The number of rotatable bonds is 7. The van der Waals surface area contributed by atoms with Crippen LogP contribution in [-0.4, -0.2) is 34.5 Å². The Morgan fingerprint density at radius 2 is 2.21 bits per heavy atom. The topological polar surface area (TPSA) is 83.7 Å². The van der Waals surface area contributed by atoms with Crippen LogP contribution >= 0.6 is 0 Å². The van der Waals surface area contributed by atoms with Crippen molar-refractivity contribution in [1.29, 1.82) is 0 Å². The average Bonchev–Trinajstić information content (AvgIpc) is 2.27. The summed E-state index contributed by atoms with van der Waals surface area (Å²) in [6.07, 6.45) is 0.584. The molecule has 1 rings (SSSR count). The van der Waals surface area contributed by atoms with Crippen molar-refractivity contribution in [3.63, 3.8) is 0 Å². The molecule has 0 fully saturated rings. The lowest BCUT2D eigenvalue weighted by Crippen LogP contribution is -2.20. The molecule has 0 radical (unpaired) electrons. The van der Waals surface area contributed by atoms with Gasteiger partial charge in [0.2, 0.25) is 5.82 Å². The molecule has 0 saturated heterocycles. The first-order chi connectivity index (χ1) is 8.90. The molecule has 0 aliphatic rings. The molecular formula is C12H15FN2O4. The molecule has 104 valence electrons. The van der Waals surface area contributed by atoms with Crippen molar-refractivity contribution in [3.8, 4) is 0 Å². The van der Waals surface area contributed by atoms with Crippen LogP contribution in [0.25, 0.3) is 0 Å². The molecule has 0 saturated carbocycles.